The molecule has 8 aromatic carbocycles. The molecule has 366 valence electrons. The fourth-order valence-electron chi connectivity index (χ4n) is 10.1. The molecule has 7 heteroatoms. The first-order valence-corrected chi connectivity index (χ1v) is 24.6. The molecule has 2 aromatic heterocycles. The van der Waals surface area contributed by atoms with Gasteiger partial charge in [0.1, 0.15) is 17.3 Å². The smallest absolute Gasteiger partial charge is 0.135 e. The van der Waals surface area contributed by atoms with Crippen LogP contribution in [0.25, 0.3) is 61.0 Å². The predicted molar refractivity (Wildman–Crippen MR) is 297 cm³/mol. The third-order valence-corrected chi connectivity index (χ3v) is 13.9. The van der Waals surface area contributed by atoms with E-state index in [1.165, 1.54) is 11.1 Å². The van der Waals surface area contributed by atoms with E-state index in [-0.39, 0.29) is 56.1 Å². The molecule has 0 saturated carbocycles. The van der Waals surface area contributed by atoms with Gasteiger partial charge in [-0.1, -0.05) is 165 Å². The van der Waals surface area contributed by atoms with Crippen LogP contribution in [0.4, 0.5) is 22.7 Å². The summed E-state index contributed by atoms with van der Waals surface area (Å²) in [7, 11) is 0. The van der Waals surface area contributed by atoms with Gasteiger partial charge < -0.3 is 23.8 Å². The van der Waals surface area contributed by atoms with Crippen LogP contribution in [0.1, 0.15) is 84.5 Å². The molecule has 10 aromatic rings. The topological polar surface area (TPSA) is 42.8 Å². The van der Waals surface area contributed by atoms with Crippen molar-refractivity contribution in [3.8, 4) is 62.2 Å². The summed E-state index contributed by atoms with van der Waals surface area (Å²) < 4.78 is 51.5. The van der Waals surface area contributed by atoms with E-state index in [1.807, 2.05) is 60.8 Å². The van der Waals surface area contributed by atoms with Gasteiger partial charge in [-0.3, -0.25) is 0 Å². The zero-order chi connectivity index (χ0) is 53.2. The quantitative estimate of drug-likeness (QED) is 0.153. The molecule has 6 nitrogen and oxygen atoms in total. The van der Waals surface area contributed by atoms with Gasteiger partial charge in [0.15, 0.2) is 0 Å². The Morgan fingerprint density at radius 3 is 1.99 bits per heavy atom. The van der Waals surface area contributed by atoms with Crippen LogP contribution in [0.15, 0.2) is 176 Å². The zero-order valence-corrected chi connectivity index (χ0v) is 44.7. The van der Waals surface area contributed by atoms with Crippen LogP contribution < -0.4 is 19.3 Å². The largest absolute Gasteiger partial charge is 0.509 e. The second-order valence-electron chi connectivity index (χ2n) is 22.0. The Morgan fingerprint density at radius 1 is 0.548 bits per heavy atom. The van der Waals surface area contributed by atoms with Gasteiger partial charge in [-0.25, -0.2) is 4.98 Å². The minimum absolute atomic E-state index is 0. The van der Waals surface area contributed by atoms with Crippen LogP contribution in [0.3, 0.4) is 0 Å². The molecule has 73 heavy (non-hydrogen) atoms. The number of aromatic nitrogens is 2. The number of rotatable bonds is 1. The predicted octanol–water partition coefficient (Wildman–Crippen LogP) is 18.0. The SMILES string of the molecule is [2H]c1c([2H])c([2H])c2c(c1[2H])c1ccc3[c-]c1n2-c1cc(C(C)(C)C)c(cn1)-c1cccc(c1)Oc1ccccc1-c1cccc(-c2cc(C(C)(C)C)cc(C(C)(C)C)c2)c1N1[CH-]N(c2[c-]c(ccc2)O3)c2ccccc21.[Pt]. The maximum atomic E-state index is 9.29. The molecule has 0 amide bonds. The first kappa shape index (κ1) is 43.2. The normalized spacial score (nSPS) is 14.0. The number of nitrogens with zero attached hydrogens (tertiary/aromatic N) is 4. The van der Waals surface area contributed by atoms with E-state index in [1.54, 1.807) is 10.6 Å². The monoisotopic (exact) mass is 1140 g/mol. The number of hydrogen-bond donors (Lipinski definition) is 0. The minimum atomic E-state index is -0.401. The van der Waals surface area contributed by atoms with E-state index >= 15 is 0 Å². The van der Waals surface area contributed by atoms with Crippen LogP contribution in [0.5, 0.6) is 23.0 Å². The van der Waals surface area contributed by atoms with Crippen molar-refractivity contribution in [2.24, 2.45) is 0 Å². The van der Waals surface area contributed by atoms with Gasteiger partial charge in [0.25, 0.3) is 0 Å². The maximum Gasteiger partial charge on any atom is 0.135 e. The molecular formula is C66H57N4O2Pt-3. The minimum Gasteiger partial charge on any atom is -0.509 e. The molecule has 0 atom stereocenters. The summed E-state index contributed by atoms with van der Waals surface area (Å²) >= 11 is 0. The molecule has 0 spiro atoms. The molecule has 0 unspecified atom stereocenters. The van der Waals surface area contributed by atoms with Crippen molar-refractivity contribution in [1.82, 2.24) is 9.55 Å². The van der Waals surface area contributed by atoms with Crippen LogP contribution >= 0.6 is 0 Å². The Hall–Kier alpha value is -7.40. The molecule has 10 bridgehead atoms. The van der Waals surface area contributed by atoms with Crippen LogP contribution in [-0.2, 0) is 37.3 Å². The van der Waals surface area contributed by atoms with Crippen molar-refractivity contribution in [1.29, 1.82) is 0 Å². The first-order valence-electron chi connectivity index (χ1n) is 26.6. The molecule has 3 aliphatic heterocycles. The number of para-hydroxylation sites is 5. The first-order chi connectivity index (χ1) is 36.2. The molecule has 0 radical (unpaired) electrons. The Balaban J connectivity index is 0.00000631. The average Bonchev–Trinajstić information content (AvgIpc) is 3.99. The summed E-state index contributed by atoms with van der Waals surface area (Å²) in [5, 5.41) is 0.967. The summed E-state index contributed by atoms with van der Waals surface area (Å²) in [6.07, 6.45) is 1.85. The second kappa shape index (κ2) is 18.0. The average molecular weight is 1140 g/mol. The van der Waals surface area contributed by atoms with Gasteiger partial charge in [0.05, 0.1) is 5.48 Å². The number of hydrogen-bond acceptors (Lipinski definition) is 5. The van der Waals surface area contributed by atoms with E-state index < -0.39 is 5.41 Å². The fraction of sp³-hybridized carbons (Fsp3) is 0.182. The number of pyridine rings is 1. The van der Waals surface area contributed by atoms with Gasteiger partial charge in [-0.2, -0.15) is 12.1 Å². The number of anilines is 4. The van der Waals surface area contributed by atoms with Crippen LogP contribution in [-0.4, -0.2) is 9.55 Å². The Kier molecular flexibility index (Phi) is 10.6. The molecule has 3 aliphatic rings. The molecule has 0 fully saturated rings. The van der Waals surface area contributed by atoms with Crippen molar-refractivity contribution in [2.75, 3.05) is 9.80 Å². The number of ether oxygens (including phenoxy) is 2. The summed E-state index contributed by atoms with van der Waals surface area (Å²) in [5.74, 6) is 2.64. The molecule has 0 aliphatic carbocycles. The molecule has 5 heterocycles. The fourth-order valence-corrected chi connectivity index (χ4v) is 10.1. The van der Waals surface area contributed by atoms with E-state index in [4.69, 9.17) is 18.6 Å². The molecule has 0 N–H and O–H groups in total. The third-order valence-electron chi connectivity index (χ3n) is 13.9. The summed E-state index contributed by atoms with van der Waals surface area (Å²) in [5.41, 5.74) is 13.2. The van der Waals surface area contributed by atoms with Crippen LogP contribution in [0, 0.1) is 18.8 Å². The number of benzene rings is 8. The molecule has 0 saturated heterocycles. The van der Waals surface area contributed by atoms with Crippen molar-refractivity contribution in [3.05, 3.63) is 211 Å². The van der Waals surface area contributed by atoms with Gasteiger partial charge in [0, 0.05) is 83.6 Å². The van der Waals surface area contributed by atoms with Crippen molar-refractivity contribution in [2.45, 2.75) is 78.6 Å². The maximum absolute atomic E-state index is 9.29. The summed E-state index contributed by atoms with van der Waals surface area (Å²) in [6.45, 7) is 22.3. The van der Waals surface area contributed by atoms with Crippen molar-refractivity contribution in [3.63, 3.8) is 0 Å². The number of fused-ring (bicyclic) bond motifs is 5. The van der Waals surface area contributed by atoms with E-state index in [0.717, 1.165) is 61.7 Å². The van der Waals surface area contributed by atoms with Gasteiger partial charge in [0.2, 0.25) is 0 Å². The van der Waals surface area contributed by atoms with Crippen LogP contribution in [0.2, 0.25) is 0 Å². The van der Waals surface area contributed by atoms with Gasteiger partial charge in [-0.15, -0.1) is 48.1 Å². The Labute approximate surface area is 449 Å². The standard InChI is InChI=1S/C66H57N4O2.Pt/c1-64(2,3)44-33-43(34-45(36-44)65(4,5)6)50-25-18-26-54-53-24-11-15-30-61(53)72-47-21-16-19-42(35-47)55-40-67-62(39-56(55)66(7,8)9)70-57-27-12-10-23-51(57)52-32-31-49(38-60(52)70)71-48-22-17-20-46(37-48)68-41-69(63(50)54)59-29-14-13-28-58(59)68;/h10-36,39-41H,1-9H3;/q-3;/i10D,12D,23D,27D;. The third kappa shape index (κ3) is 8.60. The molecule has 13 rings (SSSR count). The van der Waals surface area contributed by atoms with Crippen molar-refractivity contribution < 1.29 is 36.0 Å². The Morgan fingerprint density at radius 2 is 1.22 bits per heavy atom. The second-order valence-corrected chi connectivity index (χ2v) is 22.0. The van der Waals surface area contributed by atoms with Gasteiger partial charge in [-0.05, 0) is 91.9 Å². The molecular weight excluding hydrogens is 1080 g/mol. The van der Waals surface area contributed by atoms with Crippen molar-refractivity contribution >= 4 is 44.6 Å². The van der Waals surface area contributed by atoms with Gasteiger partial charge >= 0.3 is 0 Å². The van der Waals surface area contributed by atoms with E-state index in [0.29, 0.717) is 50.6 Å². The zero-order valence-electron chi connectivity index (χ0n) is 46.4. The van der Waals surface area contributed by atoms with E-state index in [9.17, 15) is 1.37 Å². The summed E-state index contributed by atoms with van der Waals surface area (Å²) in [6, 6.07) is 56.1. The van der Waals surface area contributed by atoms with E-state index in [2.05, 4.69) is 176 Å². The Bertz CT molecular complexity index is 3980. The summed E-state index contributed by atoms with van der Waals surface area (Å²) in [4.78, 5) is 9.56.